The summed E-state index contributed by atoms with van der Waals surface area (Å²) < 4.78 is 1.03. The van der Waals surface area contributed by atoms with Crippen LogP contribution in [0.25, 0.3) is 0 Å². The van der Waals surface area contributed by atoms with Crippen molar-refractivity contribution in [1.29, 1.82) is 0 Å². The highest BCUT2D eigenvalue weighted by Crippen LogP contribution is 2.20. The molecule has 1 aliphatic rings. The lowest BCUT2D eigenvalue weighted by Gasteiger charge is -2.32. The molecule has 0 saturated carbocycles. The Hall–Kier alpha value is -0.660. The van der Waals surface area contributed by atoms with Crippen LogP contribution in [-0.2, 0) is 6.54 Å². The molecule has 1 amide bonds. The molecule has 2 heterocycles. The van der Waals surface area contributed by atoms with Crippen LogP contribution < -0.4 is 0 Å². The van der Waals surface area contributed by atoms with Gasteiger partial charge in [-0.15, -0.1) is 11.3 Å². The lowest BCUT2D eigenvalue weighted by molar-refractivity contribution is 0.103. The lowest BCUT2D eigenvalue weighted by atomic mass is 10.3. The van der Waals surface area contributed by atoms with Gasteiger partial charge in [-0.1, -0.05) is 0 Å². The van der Waals surface area contributed by atoms with Crippen LogP contribution in [0.5, 0.6) is 0 Å². The van der Waals surface area contributed by atoms with Gasteiger partial charge in [-0.25, -0.2) is 9.78 Å². The third kappa shape index (κ3) is 2.93. The van der Waals surface area contributed by atoms with Gasteiger partial charge in [0, 0.05) is 26.2 Å². The van der Waals surface area contributed by atoms with Gasteiger partial charge in [-0.05, 0) is 15.9 Å². The summed E-state index contributed by atoms with van der Waals surface area (Å²) in [6, 6.07) is 0. The maximum absolute atomic E-state index is 10.7. The van der Waals surface area contributed by atoms with E-state index in [1.807, 2.05) is 0 Å². The Labute approximate surface area is 106 Å². The number of amides is 1. The molecule has 16 heavy (non-hydrogen) atoms. The predicted octanol–water partition coefficient (Wildman–Crippen LogP) is 1.70. The molecule has 0 aliphatic carbocycles. The van der Waals surface area contributed by atoms with Gasteiger partial charge >= 0.3 is 6.09 Å². The molecule has 0 bridgehead atoms. The van der Waals surface area contributed by atoms with Gasteiger partial charge in [0.15, 0.2) is 0 Å². The molecule has 1 aliphatic heterocycles. The van der Waals surface area contributed by atoms with Gasteiger partial charge in [0.1, 0.15) is 5.01 Å². The Balaban J connectivity index is 1.83. The van der Waals surface area contributed by atoms with E-state index in [4.69, 9.17) is 5.11 Å². The molecule has 1 saturated heterocycles. The molecule has 7 heteroatoms. The zero-order chi connectivity index (χ0) is 11.5. The van der Waals surface area contributed by atoms with Crippen molar-refractivity contribution in [3.8, 4) is 0 Å². The minimum absolute atomic E-state index is 0.585. The standard InChI is InChI=1S/C9H12BrN3O2S/c10-7-5-11-8(16-7)6-12-1-3-13(4-2-12)9(14)15/h5H,1-4,6H2,(H,14,15). The van der Waals surface area contributed by atoms with Crippen LogP contribution >= 0.6 is 27.3 Å². The highest BCUT2D eigenvalue weighted by molar-refractivity contribution is 9.11. The third-order valence-electron chi connectivity index (χ3n) is 2.53. The number of hydrogen-bond acceptors (Lipinski definition) is 4. The first-order valence-electron chi connectivity index (χ1n) is 4.95. The summed E-state index contributed by atoms with van der Waals surface area (Å²) in [5, 5.41) is 9.87. The summed E-state index contributed by atoms with van der Waals surface area (Å²) in [5.41, 5.74) is 0. The van der Waals surface area contributed by atoms with Gasteiger partial charge in [0.25, 0.3) is 0 Å². The van der Waals surface area contributed by atoms with E-state index in [2.05, 4.69) is 25.8 Å². The van der Waals surface area contributed by atoms with Crippen molar-refractivity contribution in [3.63, 3.8) is 0 Å². The van der Waals surface area contributed by atoms with E-state index in [0.29, 0.717) is 13.1 Å². The molecule has 0 radical (unpaired) electrons. The van der Waals surface area contributed by atoms with E-state index in [1.54, 1.807) is 17.5 Å². The van der Waals surface area contributed by atoms with Crippen molar-refractivity contribution in [1.82, 2.24) is 14.8 Å². The molecule has 88 valence electrons. The van der Waals surface area contributed by atoms with Gasteiger partial charge in [-0.3, -0.25) is 4.90 Å². The Morgan fingerprint density at radius 3 is 2.69 bits per heavy atom. The minimum atomic E-state index is -0.823. The monoisotopic (exact) mass is 305 g/mol. The van der Waals surface area contributed by atoms with Gasteiger partial charge in [-0.2, -0.15) is 0 Å². The fourth-order valence-electron chi connectivity index (χ4n) is 1.65. The molecule has 0 unspecified atom stereocenters. The molecule has 1 aromatic heterocycles. The average molecular weight is 306 g/mol. The summed E-state index contributed by atoms with van der Waals surface area (Å²) in [5.74, 6) is 0. The number of rotatable bonds is 2. The molecular formula is C9H12BrN3O2S. The van der Waals surface area contributed by atoms with E-state index < -0.39 is 6.09 Å². The summed E-state index contributed by atoms with van der Waals surface area (Å²) in [6.45, 7) is 3.54. The molecule has 1 fully saturated rings. The van der Waals surface area contributed by atoms with Crippen LogP contribution in [0.1, 0.15) is 5.01 Å². The number of piperazine rings is 1. The van der Waals surface area contributed by atoms with Crippen LogP contribution in [0.2, 0.25) is 0 Å². The number of nitrogens with zero attached hydrogens (tertiary/aromatic N) is 3. The zero-order valence-electron chi connectivity index (χ0n) is 8.60. The molecule has 1 N–H and O–H groups in total. The van der Waals surface area contributed by atoms with Crippen LogP contribution in [0.15, 0.2) is 9.98 Å². The first kappa shape index (κ1) is 11.8. The van der Waals surface area contributed by atoms with E-state index in [-0.39, 0.29) is 0 Å². The molecular weight excluding hydrogens is 294 g/mol. The second-order valence-corrected chi connectivity index (χ2v) is 6.10. The van der Waals surface area contributed by atoms with Gasteiger partial charge in [0.05, 0.1) is 16.5 Å². The minimum Gasteiger partial charge on any atom is -0.465 e. The molecule has 1 aromatic rings. The summed E-state index contributed by atoms with van der Waals surface area (Å²) in [7, 11) is 0. The summed E-state index contributed by atoms with van der Waals surface area (Å²) >= 11 is 5.00. The highest BCUT2D eigenvalue weighted by atomic mass is 79.9. The number of carbonyl (C=O) groups is 1. The molecule has 0 aromatic carbocycles. The first-order chi connectivity index (χ1) is 7.65. The van der Waals surface area contributed by atoms with Crippen LogP contribution in [0.3, 0.4) is 0 Å². The predicted molar refractivity (Wildman–Crippen MR) is 64.7 cm³/mol. The van der Waals surface area contributed by atoms with Crippen LogP contribution in [0, 0.1) is 0 Å². The normalized spacial score (nSPS) is 17.7. The van der Waals surface area contributed by atoms with Crippen molar-refractivity contribution in [2.75, 3.05) is 26.2 Å². The topological polar surface area (TPSA) is 56.7 Å². The number of halogens is 1. The second-order valence-electron chi connectivity index (χ2n) is 3.60. The van der Waals surface area contributed by atoms with E-state index >= 15 is 0 Å². The summed E-state index contributed by atoms with van der Waals surface area (Å²) in [6.07, 6.45) is 0.977. The van der Waals surface area contributed by atoms with Crippen molar-refractivity contribution >= 4 is 33.4 Å². The highest BCUT2D eigenvalue weighted by Gasteiger charge is 2.20. The number of hydrogen-bond donors (Lipinski definition) is 1. The maximum Gasteiger partial charge on any atom is 0.407 e. The van der Waals surface area contributed by atoms with Crippen molar-refractivity contribution in [2.24, 2.45) is 0 Å². The van der Waals surface area contributed by atoms with Gasteiger partial charge < -0.3 is 10.0 Å². The van der Waals surface area contributed by atoms with Crippen LogP contribution in [0.4, 0.5) is 4.79 Å². The Kier molecular flexibility index (Phi) is 3.78. The van der Waals surface area contributed by atoms with E-state index in [0.717, 1.165) is 28.4 Å². The second kappa shape index (κ2) is 5.11. The molecule has 5 nitrogen and oxygen atoms in total. The maximum atomic E-state index is 10.7. The van der Waals surface area contributed by atoms with E-state index in [1.165, 1.54) is 4.90 Å². The molecule has 2 rings (SSSR count). The van der Waals surface area contributed by atoms with Crippen molar-refractivity contribution < 1.29 is 9.90 Å². The molecule has 0 atom stereocenters. The van der Waals surface area contributed by atoms with Gasteiger partial charge in [0.2, 0.25) is 0 Å². The third-order valence-corrected chi connectivity index (χ3v) is 3.99. The average Bonchev–Trinajstić information content (AvgIpc) is 2.65. The Morgan fingerprint density at radius 1 is 1.50 bits per heavy atom. The lowest BCUT2D eigenvalue weighted by Crippen LogP contribution is -2.47. The quantitative estimate of drug-likeness (QED) is 0.903. The van der Waals surface area contributed by atoms with E-state index in [9.17, 15) is 4.79 Å². The zero-order valence-corrected chi connectivity index (χ0v) is 11.0. The molecule has 0 spiro atoms. The number of aromatic nitrogens is 1. The van der Waals surface area contributed by atoms with Crippen molar-refractivity contribution in [2.45, 2.75) is 6.54 Å². The number of carboxylic acid groups (broad SMARTS) is 1. The fraction of sp³-hybridized carbons (Fsp3) is 0.556. The fourth-order valence-corrected chi connectivity index (χ4v) is 3.00. The Morgan fingerprint density at radius 2 is 2.19 bits per heavy atom. The smallest absolute Gasteiger partial charge is 0.407 e. The van der Waals surface area contributed by atoms with Crippen LogP contribution in [-0.4, -0.2) is 52.2 Å². The van der Waals surface area contributed by atoms with Crippen molar-refractivity contribution in [3.05, 3.63) is 15.0 Å². The SMILES string of the molecule is O=C(O)N1CCN(Cc2ncc(Br)s2)CC1. The summed E-state index contributed by atoms with van der Waals surface area (Å²) in [4.78, 5) is 18.7. The number of thiazole rings is 1. The largest absolute Gasteiger partial charge is 0.465 e. The first-order valence-corrected chi connectivity index (χ1v) is 6.56. The Bertz CT molecular complexity index is 377.